The summed E-state index contributed by atoms with van der Waals surface area (Å²) in [4.78, 5) is 25.8. The summed E-state index contributed by atoms with van der Waals surface area (Å²) >= 11 is 0. The van der Waals surface area contributed by atoms with Crippen LogP contribution in [-0.4, -0.2) is 40.4 Å². The number of carbonyl (C=O) groups is 2. The normalized spacial score (nSPS) is 14.0. The van der Waals surface area contributed by atoms with Crippen molar-refractivity contribution in [2.24, 2.45) is 0 Å². The SMILES string of the molecule is COc1cc(NC(=O)CCCNS(=O)(=O)c2ccc(F)cc2)ccc1N1CCCC1=O. The van der Waals surface area contributed by atoms with Crippen LogP contribution in [0.25, 0.3) is 0 Å². The molecule has 0 aromatic heterocycles. The lowest BCUT2D eigenvalue weighted by molar-refractivity contribution is -0.117. The average Bonchev–Trinajstić information content (AvgIpc) is 3.17. The molecule has 1 aliphatic heterocycles. The summed E-state index contributed by atoms with van der Waals surface area (Å²) < 4.78 is 45.0. The molecule has 8 nitrogen and oxygen atoms in total. The lowest BCUT2D eigenvalue weighted by Crippen LogP contribution is -2.26. The van der Waals surface area contributed by atoms with Gasteiger partial charge in [0.25, 0.3) is 0 Å². The van der Waals surface area contributed by atoms with E-state index in [2.05, 4.69) is 10.0 Å². The van der Waals surface area contributed by atoms with E-state index in [4.69, 9.17) is 4.74 Å². The summed E-state index contributed by atoms with van der Waals surface area (Å²) in [5.74, 6) is -0.279. The standard InChI is InChI=1S/C21H24FN3O5S/c1-30-19-14-16(8-11-18(19)25-13-3-5-21(25)27)24-20(26)4-2-12-23-31(28,29)17-9-6-15(22)7-10-17/h6-11,14,23H,2-5,12-13H2,1H3,(H,24,26). The van der Waals surface area contributed by atoms with E-state index in [0.717, 1.165) is 18.6 Å². The maximum Gasteiger partial charge on any atom is 0.240 e. The van der Waals surface area contributed by atoms with Crippen LogP contribution in [0.15, 0.2) is 47.4 Å². The first kappa shape index (κ1) is 22.7. The summed E-state index contributed by atoms with van der Waals surface area (Å²) in [6.07, 6.45) is 1.68. The molecule has 0 atom stereocenters. The van der Waals surface area contributed by atoms with Gasteiger partial charge >= 0.3 is 0 Å². The van der Waals surface area contributed by atoms with Crippen molar-refractivity contribution in [2.75, 3.05) is 30.4 Å². The summed E-state index contributed by atoms with van der Waals surface area (Å²) in [5.41, 5.74) is 1.18. The molecule has 0 bridgehead atoms. The molecule has 2 aromatic carbocycles. The number of hydrogen-bond donors (Lipinski definition) is 2. The molecular formula is C21H24FN3O5S. The largest absolute Gasteiger partial charge is 0.494 e. The number of benzene rings is 2. The van der Waals surface area contributed by atoms with Gasteiger partial charge in [0.15, 0.2) is 0 Å². The zero-order valence-corrected chi connectivity index (χ0v) is 17.9. The Morgan fingerprint density at radius 3 is 2.58 bits per heavy atom. The van der Waals surface area contributed by atoms with Gasteiger partial charge in [0.1, 0.15) is 11.6 Å². The number of amides is 2. The molecule has 2 aromatic rings. The third kappa shape index (κ3) is 5.80. The molecule has 0 spiro atoms. The third-order valence-corrected chi connectivity index (χ3v) is 6.30. The lowest BCUT2D eigenvalue weighted by atomic mass is 10.2. The lowest BCUT2D eigenvalue weighted by Gasteiger charge is -2.19. The molecule has 1 saturated heterocycles. The minimum atomic E-state index is -3.76. The van der Waals surface area contributed by atoms with E-state index in [0.29, 0.717) is 30.1 Å². The van der Waals surface area contributed by atoms with Crippen LogP contribution < -0.4 is 19.7 Å². The van der Waals surface area contributed by atoms with Crippen LogP contribution in [0.3, 0.4) is 0 Å². The minimum Gasteiger partial charge on any atom is -0.494 e. The van der Waals surface area contributed by atoms with Crippen molar-refractivity contribution >= 4 is 33.2 Å². The summed E-state index contributed by atoms with van der Waals surface area (Å²) in [6, 6.07) is 9.57. The fourth-order valence-corrected chi connectivity index (χ4v) is 4.33. The van der Waals surface area contributed by atoms with Crippen molar-refractivity contribution in [3.63, 3.8) is 0 Å². The second kappa shape index (κ2) is 9.88. The monoisotopic (exact) mass is 449 g/mol. The Bertz CT molecular complexity index is 1060. The van der Waals surface area contributed by atoms with Gasteiger partial charge in [-0.25, -0.2) is 17.5 Å². The highest BCUT2D eigenvalue weighted by atomic mass is 32.2. The van der Waals surface area contributed by atoms with Crippen molar-refractivity contribution in [2.45, 2.75) is 30.6 Å². The van der Waals surface area contributed by atoms with E-state index in [1.54, 1.807) is 23.1 Å². The van der Waals surface area contributed by atoms with E-state index in [-0.39, 0.29) is 36.1 Å². The second-order valence-corrected chi connectivity index (χ2v) is 8.81. The predicted molar refractivity (Wildman–Crippen MR) is 114 cm³/mol. The fraction of sp³-hybridized carbons (Fsp3) is 0.333. The summed E-state index contributed by atoms with van der Waals surface area (Å²) in [5, 5.41) is 2.74. The number of carbonyl (C=O) groups excluding carboxylic acids is 2. The Hall–Kier alpha value is -2.98. The van der Waals surface area contributed by atoms with Crippen molar-refractivity contribution in [3.8, 4) is 5.75 Å². The zero-order chi connectivity index (χ0) is 22.4. The highest BCUT2D eigenvalue weighted by molar-refractivity contribution is 7.89. The molecule has 1 fully saturated rings. The maximum absolute atomic E-state index is 12.9. The van der Waals surface area contributed by atoms with E-state index in [1.165, 1.54) is 19.2 Å². The van der Waals surface area contributed by atoms with Gasteiger partial charge in [-0.15, -0.1) is 0 Å². The van der Waals surface area contributed by atoms with Gasteiger partial charge in [-0.2, -0.15) is 0 Å². The number of methoxy groups -OCH3 is 1. The Labute approximate surface area is 180 Å². The molecule has 2 N–H and O–H groups in total. The van der Waals surface area contributed by atoms with E-state index in [1.807, 2.05) is 0 Å². The van der Waals surface area contributed by atoms with Crippen molar-refractivity contribution in [1.29, 1.82) is 0 Å². The van der Waals surface area contributed by atoms with Gasteiger partial charge in [0, 0.05) is 37.7 Å². The van der Waals surface area contributed by atoms with Crippen LogP contribution in [-0.2, 0) is 19.6 Å². The van der Waals surface area contributed by atoms with Crippen LogP contribution in [0.1, 0.15) is 25.7 Å². The first-order valence-corrected chi connectivity index (χ1v) is 11.3. The molecule has 1 aliphatic rings. The molecule has 3 rings (SSSR count). The van der Waals surface area contributed by atoms with Gasteiger partial charge in [-0.1, -0.05) is 0 Å². The maximum atomic E-state index is 12.9. The zero-order valence-electron chi connectivity index (χ0n) is 17.1. The molecule has 0 radical (unpaired) electrons. The topological polar surface area (TPSA) is 105 Å². The Morgan fingerprint density at radius 2 is 1.94 bits per heavy atom. The van der Waals surface area contributed by atoms with E-state index >= 15 is 0 Å². The van der Waals surface area contributed by atoms with Gasteiger partial charge in [-0.05, 0) is 49.2 Å². The van der Waals surface area contributed by atoms with Gasteiger partial charge in [0.05, 0.1) is 17.7 Å². The highest BCUT2D eigenvalue weighted by Gasteiger charge is 2.24. The van der Waals surface area contributed by atoms with Gasteiger partial charge in [-0.3, -0.25) is 9.59 Å². The summed E-state index contributed by atoms with van der Waals surface area (Å²) in [7, 11) is -2.26. The van der Waals surface area contributed by atoms with E-state index in [9.17, 15) is 22.4 Å². The number of nitrogens with one attached hydrogen (secondary N) is 2. The molecular weight excluding hydrogens is 425 g/mol. The van der Waals surface area contributed by atoms with E-state index < -0.39 is 15.8 Å². The number of ether oxygens (including phenoxy) is 1. The smallest absolute Gasteiger partial charge is 0.240 e. The molecule has 10 heteroatoms. The fourth-order valence-electron chi connectivity index (χ4n) is 3.26. The second-order valence-electron chi connectivity index (χ2n) is 7.04. The van der Waals surface area contributed by atoms with Crippen molar-refractivity contribution in [1.82, 2.24) is 4.72 Å². The molecule has 2 amide bonds. The first-order chi connectivity index (χ1) is 14.8. The summed E-state index contributed by atoms with van der Waals surface area (Å²) in [6.45, 7) is 0.696. The molecule has 31 heavy (non-hydrogen) atoms. The molecule has 166 valence electrons. The Morgan fingerprint density at radius 1 is 1.19 bits per heavy atom. The first-order valence-electron chi connectivity index (χ1n) is 9.83. The van der Waals surface area contributed by atoms with Gasteiger partial charge < -0.3 is 15.0 Å². The van der Waals surface area contributed by atoms with Crippen molar-refractivity contribution < 1.29 is 27.1 Å². The number of sulfonamides is 1. The van der Waals surface area contributed by atoms with Crippen molar-refractivity contribution in [3.05, 3.63) is 48.3 Å². The number of hydrogen-bond acceptors (Lipinski definition) is 5. The van der Waals surface area contributed by atoms with Crippen LogP contribution >= 0.6 is 0 Å². The quantitative estimate of drug-likeness (QED) is 0.573. The third-order valence-electron chi connectivity index (χ3n) is 4.82. The molecule has 0 saturated carbocycles. The Kier molecular flexibility index (Phi) is 7.24. The average molecular weight is 450 g/mol. The minimum absolute atomic E-state index is 0.0398. The van der Waals surface area contributed by atoms with Crippen LogP contribution in [0, 0.1) is 5.82 Å². The number of halogens is 1. The molecule has 0 aliphatic carbocycles. The van der Waals surface area contributed by atoms with Gasteiger partial charge in [0.2, 0.25) is 21.8 Å². The number of anilines is 2. The molecule has 1 heterocycles. The van der Waals surface area contributed by atoms with Crippen LogP contribution in [0.2, 0.25) is 0 Å². The number of nitrogens with zero attached hydrogens (tertiary/aromatic N) is 1. The predicted octanol–water partition coefficient (Wildman–Crippen LogP) is 2.66. The van der Waals surface area contributed by atoms with Crippen LogP contribution in [0.5, 0.6) is 5.75 Å². The highest BCUT2D eigenvalue weighted by Crippen LogP contribution is 2.33. The molecule has 0 unspecified atom stereocenters. The number of rotatable bonds is 9. The Balaban J connectivity index is 1.50. The van der Waals surface area contributed by atoms with Crippen LogP contribution in [0.4, 0.5) is 15.8 Å².